The van der Waals surface area contributed by atoms with Crippen molar-refractivity contribution < 1.29 is 23.9 Å². The number of aromatic amines is 1. The van der Waals surface area contributed by atoms with Gasteiger partial charge in [0.2, 0.25) is 12.3 Å². The quantitative estimate of drug-likeness (QED) is 0.239. The summed E-state index contributed by atoms with van der Waals surface area (Å²) in [5.41, 5.74) is 0.212. The number of amides is 1. The molecule has 1 aromatic heterocycles. The fraction of sp³-hybridized carbons (Fsp3) is 0.241. The molecule has 1 aliphatic rings. The van der Waals surface area contributed by atoms with Gasteiger partial charge in [0.15, 0.2) is 17.0 Å². The lowest BCUT2D eigenvalue weighted by molar-refractivity contribution is -0.485. The Hall–Kier alpha value is -5.06. The van der Waals surface area contributed by atoms with Crippen molar-refractivity contribution >= 4 is 11.6 Å². The van der Waals surface area contributed by atoms with Gasteiger partial charge in [0, 0.05) is 22.7 Å². The van der Waals surface area contributed by atoms with E-state index in [1.54, 1.807) is 41.3 Å². The highest BCUT2D eigenvalue weighted by atomic mass is 16.6. The van der Waals surface area contributed by atoms with Gasteiger partial charge in [0.05, 0.1) is 39.5 Å². The Bertz CT molecular complexity index is 1590. The lowest BCUT2D eigenvalue weighted by atomic mass is 9.74. The summed E-state index contributed by atoms with van der Waals surface area (Å²) in [7, 11) is 4.35. The smallest absolute Gasteiger partial charge is 0.264 e. The molecule has 0 saturated carbocycles. The molecule has 1 N–H and O–H groups in total. The van der Waals surface area contributed by atoms with Gasteiger partial charge in [-0.1, -0.05) is 48.5 Å². The number of benzene rings is 3. The lowest BCUT2D eigenvalue weighted by Crippen LogP contribution is -2.52. The number of carbonyl (C=O) groups is 1. The topological polar surface area (TPSA) is 129 Å². The molecule has 11 nitrogen and oxygen atoms in total. The van der Waals surface area contributed by atoms with Crippen LogP contribution in [-0.4, -0.2) is 48.5 Å². The van der Waals surface area contributed by atoms with Crippen LogP contribution in [0, 0.1) is 10.1 Å². The van der Waals surface area contributed by atoms with Crippen LogP contribution in [-0.2, 0) is 16.9 Å². The van der Waals surface area contributed by atoms with Crippen molar-refractivity contribution in [1.82, 2.24) is 9.78 Å². The van der Waals surface area contributed by atoms with Crippen molar-refractivity contribution in [3.63, 3.8) is 0 Å². The number of hydrogen-bond acceptors (Lipinski definition) is 7. The molecule has 0 unspecified atom stereocenters. The summed E-state index contributed by atoms with van der Waals surface area (Å²) in [6.07, 6.45) is 1.45. The first kappa shape index (κ1) is 26.5. The molecule has 0 radical (unpaired) electrons. The number of ether oxygens (including phenoxy) is 3. The van der Waals surface area contributed by atoms with Crippen molar-refractivity contribution in [3.05, 3.63) is 116 Å². The van der Waals surface area contributed by atoms with E-state index in [9.17, 15) is 19.7 Å². The average molecular weight is 545 g/mol. The highest BCUT2D eigenvalue weighted by Gasteiger charge is 2.59. The number of para-hydroxylation sites is 1. The van der Waals surface area contributed by atoms with Crippen molar-refractivity contribution in [1.29, 1.82) is 0 Å². The summed E-state index contributed by atoms with van der Waals surface area (Å²) in [5, 5.41) is 15.0. The summed E-state index contributed by atoms with van der Waals surface area (Å²) in [6, 6.07) is 21.1. The second-order valence-corrected chi connectivity index (χ2v) is 9.35. The molecule has 0 bridgehead atoms. The number of methoxy groups -OCH3 is 3. The molecule has 0 aliphatic carbocycles. The minimum atomic E-state index is -1.72. The van der Waals surface area contributed by atoms with Crippen LogP contribution in [0.15, 0.2) is 83.8 Å². The van der Waals surface area contributed by atoms with Crippen LogP contribution in [0.2, 0.25) is 0 Å². The zero-order valence-electron chi connectivity index (χ0n) is 22.2. The van der Waals surface area contributed by atoms with Gasteiger partial charge in [-0.25, -0.2) is 0 Å². The van der Waals surface area contributed by atoms with Gasteiger partial charge in [-0.15, -0.1) is 0 Å². The van der Waals surface area contributed by atoms with E-state index in [0.29, 0.717) is 22.6 Å². The molecule has 2 atom stereocenters. The average Bonchev–Trinajstić information content (AvgIpc) is 3.50. The van der Waals surface area contributed by atoms with Crippen molar-refractivity contribution in [2.75, 3.05) is 32.8 Å². The molecule has 4 aromatic rings. The maximum absolute atomic E-state index is 14.8. The Kier molecular flexibility index (Phi) is 7.03. The number of aromatic nitrogens is 2. The first-order valence-corrected chi connectivity index (χ1v) is 12.5. The van der Waals surface area contributed by atoms with Crippen LogP contribution < -0.4 is 24.7 Å². The summed E-state index contributed by atoms with van der Waals surface area (Å²) in [5.74, 6) is -0.665. The second-order valence-electron chi connectivity index (χ2n) is 9.35. The Morgan fingerprint density at radius 2 is 1.57 bits per heavy atom. The fourth-order valence-electron chi connectivity index (χ4n) is 5.59. The largest absolute Gasteiger partial charge is 0.493 e. The number of nitro groups is 1. The van der Waals surface area contributed by atoms with E-state index in [2.05, 4.69) is 5.10 Å². The van der Waals surface area contributed by atoms with Crippen LogP contribution in [0.3, 0.4) is 0 Å². The Morgan fingerprint density at radius 1 is 0.925 bits per heavy atom. The van der Waals surface area contributed by atoms with Gasteiger partial charge < -0.3 is 19.1 Å². The van der Waals surface area contributed by atoms with Gasteiger partial charge in [-0.05, 0) is 29.3 Å². The summed E-state index contributed by atoms with van der Waals surface area (Å²) < 4.78 is 17.9. The fourth-order valence-corrected chi connectivity index (χ4v) is 5.59. The number of nitrogens with one attached hydrogen (secondary N) is 1. The number of fused-ring (bicyclic) bond motifs is 1. The molecule has 3 aromatic carbocycles. The molecule has 206 valence electrons. The Balaban J connectivity index is 1.82. The summed E-state index contributed by atoms with van der Waals surface area (Å²) >= 11 is 0. The summed E-state index contributed by atoms with van der Waals surface area (Å²) in [6.45, 7) is -0.414. The molecule has 5 rings (SSSR count). The Morgan fingerprint density at radius 3 is 2.15 bits per heavy atom. The standard InChI is InChI=1S/C29H28N4O7/c1-38-24-15-20(16-25(39-2)27(24)40-3)22(18-33(36)37)29(32-14-13-26(34)30-32)21-11-7-8-12-23(21)31(28(29)35)17-19-9-5-4-6-10-19/h4-16,22H,17-18H2,1-3H3,(H,30,34)/t22-,29+/m0/s1. The molecule has 1 aliphatic heterocycles. The van der Waals surface area contributed by atoms with E-state index in [-0.39, 0.29) is 18.0 Å². The van der Waals surface area contributed by atoms with Crippen LogP contribution in [0.5, 0.6) is 17.2 Å². The molecule has 2 heterocycles. The molecule has 0 saturated heterocycles. The first-order valence-electron chi connectivity index (χ1n) is 12.5. The molecule has 11 heteroatoms. The zero-order chi connectivity index (χ0) is 28.4. The zero-order valence-corrected chi connectivity index (χ0v) is 22.2. The van der Waals surface area contributed by atoms with Crippen LogP contribution in [0.25, 0.3) is 0 Å². The number of carbonyl (C=O) groups excluding carboxylic acids is 1. The maximum atomic E-state index is 14.8. The van der Waals surface area contributed by atoms with E-state index in [0.717, 1.165) is 5.56 Å². The maximum Gasteiger partial charge on any atom is 0.264 e. The number of anilines is 1. The van der Waals surface area contributed by atoms with E-state index in [1.807, 2.05) is 30.3 Å². The van der Waals surface area contributed by atoms with E-state index < -0.39 is 34.4 Å². The third-order valence-corrected chi connectivity index (χ3v) is 7.27. The number of hydrogen-bond donors (Lipinski definition) is 1. The number of nitrogens with zero attached hydrogens (tertiary/aromatic N) is 3. The molecular formula is C29H28N4O7. The van der Waals surface area contributed by atoms with Crippen molar-refractivity contribution in [2.24, 2.45) is 0 Å². The molecule has 0 spiro atoms. The van der Waals surface area contributed by atoms with E-state index in [1.165, 1.54) is 38.3 Å². The van der Waals surface area contributed by atoms with E-state index in [4.69, 9.17) is 14.2 Å². The third-order valence-electron chi connectivity index (χ3n) is 7.27. The van der Waals surface area contributed by atoms with Gasteiger partial charge in [0.25, 0.3) is 11.5 Å². The molecule has 0 fully saturated rings. The number of H-pyrrole nitrogens is 1. The van der Waals surface area contributed by atoms with Crippen LogP contribution in [0.1, 0.15) is 22.6 Å². The monoisotopic (exact) mass is 544 g/mol. The lowest BCUT2D eigenvalue weighted by Gasteiger charge is -2.36. The molecular weight excluding hydrogens is 516 g/mol. The van der Waals surface area contributed by atoms with Gasteiger partial charge >= 0.3 is 0 Å². The third kappa shape index (κ3) is 4.25. The van der Waals surface area contributed by atoms with Crippen molar-refractivity contribution in [3.8, 4) is 17.2 Å². The second kappa shape index (κ2) is 10.6. The van der Waals surface area contributed by atoms with Gasteiger partial charge in [-0.2, -0.15) is 0 Å². The predicted molar refractivity (Wildman–Crippen MR) is 147 cm³/mol. The van der Waals surface area contributed by atoms with Gasteiger partial charge in [-0.3, -0.25) is 29.5 Å². The molecule has 40 heavy (non-hydrogen) atoms. The van der Waals surface area contributed by atoms with E-state index >= 15 is 0 Å². The minimum Gasteiger partial charge on any atom is -0.493 e. The number of rotatable bonds is 10. The normalized spacial score (nSPS) is 16.9. The van der Waals surface area contributed by atoms with Crippen LogP contribution >= 0.6 is 0 Å². The minimum absolute atomic E-state index is 0.227. The highest BCUT2D eigenvalue weighted by Crippen LogP contribution is 2.52. The predicted octanol–water partition coefficient (Wildman–Crippen LogP) is 3.55. The first-order chi connectivity index (χ1) is 19.3. The Labute approximate surface area is 229 Å². The molecule has 1 amide bonds. The van der Waals surface area contributed by atoms with Crippen LogP contribution in [0.4, 0.5) is 5.69 Å². The van der Waals surface area contributed by atoms with Crippen molar-refractivity contribution in [2.45, 2.75) is 18.0 Å². The SMILES string of the molecule is COc1cc([C@H](C[N+](=O)[O-])[C@@]2(n3ccc(=O)[nH]3)C(=O)N(Cc3ccccc3)c3ccccc32)cc(OC)c1OC. The van der Waals surface area contributed by atoms with Gasteiger partial charge in [0.1, 0.15) is 0 Å². The summed E-state index contributed by atoms with van der Waals surface area (Å²) in [4.78, 5) is 40.6. The highest BCUT2D eigenvalue weighted by molar-refractivity contribution is 6.08.